The van der Waals surface area contributed by atoms with Crippen LogP contribution in [0.1, 0.15) is 0 Å². The maximum atomic E-state index is 10.8. The molecule has 0 unspecified atom stereocenters. The maximum absolute atomic E-state index is 10.8. The number of hydrogen-bond donors (Lipinski definition) is 5. The van der Waals surface area contributed by atoms with Gasteiger partial charge in [0.25, 0.3) is 0 Å². The molecule has 11 heteroatoms. The molecule has 10 nitrogen and oxygen atoms in total. The van der Waals surface area contributed by atoms with Crippen LogP contribution >= 0.6 is 0 Å². The molecule has 1 amide bonds. The molecule has 1 aliphatic rings. The molecule has 18 heavy (non-hydrogen) atoms. The van der Waals surface area contributed by atoms with Crippen molar-refractivity contribution in [2.45, 2.75) is 30.6 Å². The number of aliphatic hydroxyl groups excluding tert-OH is 3. The Morgan fingerprint density at radius 3 is 2.22 bits per heavy atom. The Labute approximate surface area is 123 Å². The first kappa shape index (κ1) is 17.5. The summed E-state index contributed by atoms with van der Waals surface area (Å²) < 4.78 is 4.65. The number of ether oxygens (including phenoxy) is 1. The molecule has 1 fully saturated rings. The zero-order chi connectivity index (χ0) is 13.2. The average Bonchev–Trinajstić information content (AvgIpc) is 2.29. The van der Waals surface area contributed by atoms with Crippen molar-refractivity contribution in [1.82, 2.24) is 5.32 Å². The molecule has 0 aromatic rings. The third kappa shape index (κ3) is 3.76. The van der Waals surface area contributed by atoms with Gasteiger partial charge in [-0.05, 0) is 0 Å². The van der Waals surface area contributed by atoms with E-state index in [1.165, 1.54) is 0 Å². The summed E-state index contributed by atoms with van der Waals surface area (Å²) in [5, 5.41) is 40.5. The summed E-state index contributed by atoms with van der Waals surface area (Å²) in [4.78, 5) is 25.3. The van der Waals surface area contributed by atoms with Crippen molar-refractivity contribution >= 4 is 12.1 Å². The maximum Gasteiger partial charge on any atom is 1.00 e. The van der Waals surface area contributed by atoms with E-state index >= 15 is 0 Å². The van der Waals surface area contributed by atoms with Gasteiger partial charge in [-0.2, -0.15) is 5.90 Å². The Kier molecular flexibility index (Phi) is 7.02. The Bertz CT molecular complexity index is 316. The van der Waals surface area contributed by atoms with E-state index in [4.69, 9.17) is 0 Å². The zero-order valence-electron chi connectivity index (χ0n) is 9.48. The van der Waals surface area contributed by atoms with Crippen molar-refractivity contribution in [2.24, 2.45) is 0 Å². The summed E-state index contributed by atoms with van der Waals surface area (Å²) in [7, 11) is 0. The molecular weight excluding hydrogens is 263 g/mol. The molecule has 0 aromatic heterocycles. The molecule has 0 spiro atoms. The van der Waals surface area contributed by atoms with E-state index in [1.54, 1.807) is 0 Å². The van der Waals surface area contributed by atoms with E-state index < -0.39 is 42.7 Å². The fraction of sp³-hybridized carbons (Fsp3) is 0.714. The van der Waals surface area contributed by atoms with Crippen LogP contribution in [0.25, 0.3) is 0 Å². The first-order chi connectivity index (χ1) is 7.88. The Morgan fingerprint density at radius 1 is 1.22 bits per heavy atom. The molecule has 1 aliphatic heterocycles. The van der Waals surface area contributed by atoms with E-state index in [1.807, 2.05) is 5.32 Å². The number of aliphatic carboxylic acids is 1. The molecule has 1 heterocycles. The molecule has 7 N–H and O–H groups in total. The fourth-order valence-electron chi connectivity index (χ4n) is 1.35. The van der Waals surface area contributed by atoms with Crippen LogP contribution in [-0.2, 0) is 14.4 Å². The quantitative estimate of drug-likeness (QED) is 0.243. The van der Waals surface area contributed by atoms with Crippen LogP contribution in [0.15, 0.2) is 0 Å². The van der Waals surface area contributed by atoms with Gasteiger partial charge in [0.2, 0.25) is 0 Å². The number of nitrogens with one attached hydrogen (secondary N) is 1. The van der Waals surface area contributed by atoms with Crippen molar-refractivity contribution in [3.05, 3.63) is 0 Å². The minimum Gasteiger partial charge on any atom is -0.547 e. The monoisotopic (exact) mass is 275 g/mol. The van der Waals surface area contributed by atoms with Gasteiger partial charge in [0.15, 0.2) is 6.23 Å². The standard InChI is InChI=1S/C7H12N2O8.Na/c8-17-7(15)9-5-3(12)1(10)2(11)4(16-5)6(13)14;/h1-5,10-12H,8H3,(H-,9,13,14,15);/q;+1/t1-,2-,3+,4-,5-;/m0./s1. The fourth-order valence-corrected chi connectivity index (χ4v) is 1.35. The van der Waals surface area contributed by atoms with Gasteiger partial charge in [0, 0.05) is 0 Å². The second kappa shape index (κ2) is 7.21. The van der Waals surface area contributed by atoms with Crippen LogP contribution in [0.5, 0.6) is 0 Å². The summed E-state index contributed by atoms with van der Waals surface area (Å²) in [5.41, 5.74) is 0. The molecule has 1 rings (SSSR count). The Balaban J connectivity index is 0.00000289. The number of hydrogen-bond acceptors (Lipinski definition) is 8. The van der Waals surface area contributed by atoms with Crippen molar-refractivity contribution in [1.29, 1.82) is 0 Å². The van der Waals surface area contributed by atoms with Gasteiger partial charge in [0.05, 0.1) is 5.97 Å². The predicted molar refractivity (Wildman–Crippen MR) is 44.2 cm³/mol. The molecule has 0 saturated carbocycles. The predicted octanol–water partition coefficient (Wildman–Crippen LogP) is -8.57. The van der Waals surface area contributed by atoms with Crippen molar-refractivity contribution in [3.8, 4) is 0 Å². The van der Waals surface area contributed by atoms with Gasteiger partial charge in [0.1, 0.15) is 24.4 Å². The average molecular weight is 275 g/mol. The summed E-state index contributed by atoms with van der Waals surface area (Å²) in [6, 6.07) is 0. The van der Waals surface area contributed by atoms with Crippen molar-refractivity contribution < 1.29 is 75.0 Å². The molecular formula is C7H12N2NaO8+. The van der Waals surface area contributed by atoms with Gasteiger partial charge in [-0.25, -0.2) is 4.79 Å². The van der Waals surface area contributed by atoms with Gasteiger partial charge in [-0.1, -0.05) is 0 Å². The molecule has 98 valence electrons. The second-order valence-corrected chi connectivity index (χ2v) is 3.34. The third-order valence-corrected chi connectivity index (χ3v) is 2.24. The van der Waals surface area contributed by atoms with Crippen molar-refractivity contribution in [3.63, 3.8) is 0 Å². The third-order valence-electron chi connectivity index (χ3n) is 2.24. The Morgan fingerprint density at radius 2 is 1.78 bits per heavy atom. The number of carboxylic acid groups (broad SMARTS) is 1. The number of aliphatic hydroxyl groups is 3. The van der Waals surface area contributed by atoms with Crippen LogP contribution in [0, 0.1) is 0 Å². The number of carboxylic acids is 1. The summed E-state index contributed by atoms with van der Waals surface area (Å²) in [5.74, 6) is 0.981. The van der Waals surface area contributed by atoms with E-state index in [9.17, 15) is 30.0 Å². The molecule has 0 aliphatic carbocycles. The zero-order valence-corrected chi connectivity index (χ0v) is 11.5. The molecule has 1 saturated heterocycles. The van der Waals surface area contributed by atoms with E-state index in [2.05, 4.69) is 15.5 Å². The van der Waals surface area contributed by atoms with Gasteiger partial charge in [-0.15, -0.1) is 0 Å². The molecule has 0 radical (unpaired) electrons. The van der Waals surface area contributed by atoms with Gasteiger partial charge < -0.3 is 30.0 Å². The van der Waals surface area contributed by atoms with Gasteiger partial charge >= 0.3 is 35.7 Å². The van der Waals surface area contributed by atoms with Crippen molar-refractivity contribution in [2.75, 3.05) is 0 Å². The first-order valence-corrected chi connectivity index (χ1v) is 4.51. The largest absolute Gasteiger partial charge is 1.00 e. The van der Waals surface area contributed by atoms with Crippen LogP contribution in [0.3, 0.4) is 0 Å². The van der Waals surface area contributed by atoms with Crippen LogP contribution < -0.4 is 45.9 Å². The van der Waals surface area contributed by atoms with Crippen LogP contribution in [0.2, 0.25) is 0 Å². The first-order valence-electron chi connectivity index (χ1n) is 4.51. The van der Waals surface area contributed by atoms with Gasteiger partial charge in [-0.3, -0.25) is 10.2 Å². The smallest absolute Gasteiger partial charge is 0.547 e. The summed E-state index contributed by atoms with van der Waals surface area (Å²) >= 11 is 0. The number of amides is 1. The summed E-state index contributed by atoms with van der Waals surface area (Å²) in [6.45, 7) is 0. The minimum absolute atomic E-state index is 0. The SMILES string of the molecule is [NH3+]OC(=O)N[C@H]1O[C@H](C(=O)[O-])[C@@H](O)[C@H](O)[C@H]1O.[Na+]. The summed E-state index contributed by atoms with van der Waals surface area (Å²) in [6.07, 6.45) is -9.96. The number of quaternary nitrogens is 1. The van der Waals surface area contributed by atoms with E-state index in [0.29, 0.717) is 0 Å². The molecule has 0 bridgehead atoms. The normalized spacial score (nSPS) is 35.2. The number of carbonyl (C=O) groups is 2. The van der Waals surface area contributed by atoms with E-state index in [0.717, 1.165) is 0 Å². The molecule has 0 aromatic carbocycles. The second-order valence-electron chi connectivity index (χ2n) is 3.34. The molecule has 5 atom stereocenters. The number of rotatable bonds is 2. The Hall–Kier alpha value is -0.460. The van der Waals surface area contributed by atoms with Crippen LogP contribution in [0.4, 0.5) is 4.79 Å². The topological polar surface area (TPSA) is 176 Å². The van der Waals surface area contributed by atoms with E-state index in [-0.39, 0.29) is 29.6 Å². The van der Waals surface area contributed by atoms with Crippen LogP contribution in [-0.4, -0.2) is 58.0 Å². The number of carbonyl (C=O) groups excluding carboxylic acids is 2. The minimum atomic E-state index is -1.89.